The fraction of sp³-hybridized carbons (Fsp3) is 0.579. The summed E-state index contributed by atoms with van der Waals surface area (Å²) in [6, 6.07) is 5.83. The van der Waals surface area contributed by atoms with E-state index >= 15 is 0 Å². The normalized spacial score (nSPS) is 25.0. The first-order valence-corrected chi connectivity index (χ1v) is 11.2. The molecule has 27 heavy (non-hydrogen) atoms. The van der Waals surface area contributed by atoms with Crippen molar-refractivity contribution in [1.82, 2.24) is 19.5 Å². The van der Waals surface area contributed by atoms with Crippen LogP contribution in [-0.2, 0) is 15.8 Å². The second-order valence-electron chi connectivity index (χ2n) is 8.30. The van der Waals surface area contributed by atoms with Gasteiger partial charge in [-0.2, -0.15) is 5.10 Å². The summed E-state index contributed by atoms with van der Waals surface area (Å²) >= 11 is 0. The Morgan fingerprint density at radius 2 is 2.11 bits per heavy atom. The summed E-state index contributed by atoms with van der Waals surface area (Å²) in [5, 5.41) is 7.46. The first-order chi connectivity index (χ1) is 13.0. The molecule has 6 nitrogen and oxygen atoms in total. The molecule has 1 atom stereocenters. The first kappa shape index (κ1) is 17.3. The topological polar surface area (TPSA) is 79.0 Å². The van der Waals surface area contributed by atoms with Crippen LogP contribution in [0.4, 0.5) is 4.39 Å². The van der Waals surface area contributed by atoms with Gasteiger partial charge in [0.15, 0.2) is 5.82 Å². The van der Waals surface area contributed by atoms with E-state index in [0.29, 0.717) is 24.6 Å². The van der Waals surface area contributed by atoms with Crippen molar-refractivity contribution in [3.8, 4) is 0 Å². The van der Waals surface area contributed by atoms with Crippen LogP contribution < -0.4 is 0 Å². The van der Waals surface area contributed by atoms with Crippen LogP contribution in [0.3, 0.4) is 0 Å². The monoisotopic (exact) mass is 390 g/mol. The number of nitrogens with one attached hydrogen (secondary N) is 1. The highest BCUT2D eigenvalue weighted by Gasteiger charge is 2.54. The fourth-order valence-electron chi connectivity index (χ4n) is 4.55. The number of rotatable bonds is 5. The summed E-state index contributed by atoms with van der Waals surface area (Å²) < 4.78 is 41.0. The molecule has 0 bridgehead atoms. The van der Waals surface area contributed by atoms with Crippen LogP contribution in [0.1, 0.15) is 61.2 Å². The molecule has 1 aromatic carbocycles. The van der Waals surface area contributed by atoms with Crippen molar-refractivity contribution < 1.29 is 12.8 Å². The van der Waals surface area contributed by atoms with E-state index in [1.54, 1.807) is 16.4 Å². The number of halogens is 1. The summed E-state index contributed by atoms with van der Waals surface area (Å²) in [6.07, 6.45) is 5.44. The van der Waals surface area contributed by atoms with Gasteiger partial charge in [-0.25, -0.2) is 22.1 Å². The fourth-order valence-corrected chi connectivity index (χ4v) is 6.16. The number of H-pyrrole nitrogens is 1. The minimum atomic E-state index is -3.51. The number of sulfonamides is 1. The quantitative estimate of drug-likeness (QED) is 0.851. The summed E-state index contributed by atoms with van der Waals surface area (Å²) in [4.78, 5) is 4.71. The van der Waals surface area contributed by atoms with Gasteiger partial charge in [0.2, 0.25) is 10.0 Å². The Hall–Kier alpha value is -1.80. The van der Waals surface area contributed by atoms with Crippen molar-refractivity contribution in [2.45, 2.75) is 49.7 Å². The Morgan fingerprint density at radius 3 is 2.78 bits per heavy atom. The van der Waals surface area contributed by atoms with Gasteiger partial charge >= 0.3 is 0 Å². The van der Waals surface area contributed by atoms with Gasteiger partial charge in [-0.05, 0) is 48.8 Å². The van der Waals surface area contributed by atoms with Crippen molar-refractivity contribution >= 4 is 10.0 Å². The van der Waals surface area contributed by atoms with Crippen molar-refractivity contribution in [3.05, 3.63) is 47.3 Å². The summed E-state index contributed by atoms with van der Waals surface area (Å²) in [5.74, 6) is 1.67. The molecule has 3 aliphatic rings. The maximum atomic E-state index is 13.4. The first-order valence-electron chi connectivity index (χ1n) is 9.60. The smallest absolute Gasteiger partial charge is 0.218 e. The molecule has 2 aliphatic carbocycles. The van der Waals surface area contributed by atoms with Crippen LogP contribution in [-0.4, -0.2) is 41.0 Å². The molecule has 1 saturated heterocycles. The summed E-state index contributed by atoms with van der Waals surface area (Å²) in [6.45, 7) is 0.950. The van der Waals surface area contributed by atoms with Gasteiger partial charge in [0.25, 0.3) is 0 Å². The molecule has 0 amide bonds. The predicted octanol–water partition coefficient (Wildman–Crippen LogP) is 2.92. The van der Waals surface area contributed by atoms with E-state index in [9.17, 15) is 12.8 Å². The third kappa shape index (κ3) is 3.08. The van der Waals surface area contributed by atoms with Gasteiger partial charge in [-0.3, -0.25) is 5.10 Å². The molecule has 2 heterocycles. The van der Waals surface area contributed by atoms with Gasteiger partial charge in [0.1, 0.15) is 11.6 Å². The lowest BCUT2D eigenvalue weighted by atomic mass is 9.62. The maximum absolute atomic E-state index is 13.4. The van der Waals surface area contributed by atoms with Gasteiger partial charge in [-0.15, -0.1) is 0 Å². The lowest BCUT2D eigenvalue weighted by Gasteiger charge is -2.42. The summed E-state index contributed by atoms with van der Waals surface area (Å²) in [7, 11) is -3.51. The molecule has 1 aliphatic heterocycles. The highest BCUT2D eigenvalue weighted by molar-refractivity contribution is 7.88. The van der Waals surface area contributed by atoms with Crippen molar-refractivity contribution in [2.24, 2.45) is 5.41 Å². The highest BCUT2D eigenvalue weighted by atomic mass is 32.2. The van der Waals surface area contributed by atoms with Crippen molar-refractivity contribution in [2.75, 3.05) is 13.1 Å². The average molecular weight is 390 g/mol. The Labute approximate surface area is 158 Å². The molecule has 2 aromatic rings. The van der Waals surface area contributed by atoms with Gasteiger partial charge in [0.05, 0.1) is 5.75 Å². The molecule has 1 spiro atoms. The standard InChI is InChI=1S/C19H23FN4O2S/c20-15-4-1-3-13(9-15)11-27(25,26)24-10-16(19(12-24)7-2-8-19)18-21-17(22-23-18)14-5-6-14/h1,3-4,9,14,16H,2,5-8,10-12H2,(H,21,22,23). The number of nitrogens with zero attached hydrogens (tertiary/aromatic N) is 3. The molecule has 1 aromatic heterocycles. The molecule has 1 N–H and O–H groups in total. The zero-order valence-corrected chi connectivity index (χ0v) is 15.9. The van der Waals surface area contributed by atoms with E-state index in [1.807, 2.05) is 0 Å². The van der Waals surface area contributed by atoms with E-state index in [2.05, 4.69) is 10.2 Å². The molecule has 144 valence electrons. The summed E-state index contributed by atoms with van der Waals surface area (Å²) in [5.41, 5.74) is 0.451. The number of hydrogen-bond donors (Lipinski definition) is 1. The third-order valence-corrected chi connectivity index (χ3v) is 8.15. The Balaban J connectivity index is 1.39. The van der Waals surface area contributed by atoms with Crippen LogP contribution in [0, 0.1) is 11.2 Å². The third-order valence-electron chi connectivity index (χ3n) is 6.39. The van der Waals surface area contributed by atoms with Crippen LogP contribution in [0.5, 0.6) is 0 Å². The van der Waals surface area contributed by atoms with Gasteiger partial charge in [-0.1, -0.05) is 18.6 Å². The number of hydrogen-bond acceptors (Lipinski definition) is 4. The Kier molecular flexibility index (Phi) is 3.91. The van der Waals surface area contributed by atoms with Crippen molar-refractivity contribution in [1.29, 1.82) is 0 Å². The Bertz CT molecular complexity index is 966. The number of aromatic amines is 1. The molecule has 8 heteroatoms. The van der Waals surface area contributed by atoms with Crippen LogP contribution >= 0.6 is 0 Å². The van der Waals surface area contributed by atoms with Crippen molar-refractivity contribution in [3.63, 3.8) is 0 Å². The second kappa shape index (κ2) is 6.10. The molecule has 0 radical (unpaired) electrons. The zero-order chi connectivity index (χ0) is 18.6. The predicted molar refractivity (Wildman–Crippen MR) is 98.0 cm³/mol. The SMILES string of the molecule is O=S(=O)(Cc1cccc(F)c1)N1CC(c2nc(C3CC3)n[nH]2)C2(CCC2)C1. The van der Waals surface area contributed by atoms with E-state index in [-0.39, 0.29) is 17.1 Å². The van der Waals surface area contributed by atoms with Crippen LogP contribution in [0.25, 0.3) is 0 Å². The molecular formula is C19H23FN4O2S. The average Bonchev–Trinajstić information content (AvgIpc) is 3.17. The molecule has 5 rings (SSSR count). The maximum Gasteiger partial charge on any atom is 0.218 e. The molecule has 1 unspecified atom stereocenters. The lowest BCUT2D eigenvalue weighted by molar-refractivity contribution is 0.127. The largest absolute Gasteiger partial charge is 0.263 e. The Morgan fingerprint density at radius 1 is 1.30 bits per heavy atom. The molecule has 3 fully saturated rings. The minimum Gasteiger partial charge on any atom is -0.263 e. The van der Waals surface area contributed by atoms with Gasteiger partial charge in [0, 0.05) is 24.9 Å². The molecular weight excluding hydrogens is 367 g/mol. The van der Waals surface area contributed by atoms with Crippen LogP contribution in [0.15, 0.2) is 24.3 Å². The van der Waals surface area contributed by atoms with Gasteiger partial charge < -0.3 is 0 Å². The van der Waals surface area contributed by atoms with E-state index in [4.69, 9.17) is 4.98 Å². The minimum absolute atomic E-state index is 0.0324. The lowest BCUT2D eigenvalue weighted by Crippen LogP contribution is -2.38. The van der Waals surface area contributed by atoms with E-state index in [1.165, 1.54) is 12.1 Å². The number of aromatic nitrogens is 3. The van der Waals surface area contributed by atoms with Crippen LogP contribution in [0.2, 0.25) is 0 Å². The van der Waals surface area contributed by atoms with E-state index < -0.39 is 15.8 Å². The molecule has 2 saturated carbocycles. The van der Waals surface area contributed by atoms with E-state index in [0.717, 1.165) is 43.8 Å². The highest BCUT2D eigenvalue weighted by Crippen LogP contribution is 2.56. The zero-order valence-electron chi connectivity index (χ0n) is 15.1. The number of benzene rings is 1. The second-order valence-corrected chi connectivity index (χ2v) is 10.3.